The lowest BCUT2D eigenvalue weighted by Gasteiger charge is -2.13. The number of hydrogen-bond acceptors (Lipinski definition) is 3. The van der Waals surface area contributed by atoms with Crippen molar-refractivity contribution in [2.45, 2.75) is 25.8 Å². The lowest BCUT2D eigenvalue weighted by Crippen LogP contribution is -2.26. The van der Waals surface area contributed by atoms with E-state index in [9.17, 15) is 31.1 Å². The molecule has 1 N–H and O–H groups in total. The molecule has 0 saturated carbocycles. The van der Waals surface area contributed by atoms with Gasteiger partial charge in [0.25, 0.3) is 5.91 Å². The molecule has 1 amide bonds. The van der Waals surface area contributed by atoms with Crippen LogP contribution in [0.25, 0.3) is 5.69 Å². The van der Waals surface area contributed by atoms with Gasteiger partial charge in [-0.25, -0.2) is 4.68 Å². The predicted octanol–water partition coefficient (Wildman–Crippen LogP) is 5.07. The molecule has 0 aliphatic rings. The van der Waals surface area contributed by atoms with E-state index in [0.29, 0.717) is 10.2 Å². The van der Waals surface area contributed by atoms with Crippen LogP contribution in [0.5, 0.6) is 5.75 Å². The Labute approximate surface area is 178 Å². The first-order valence-electron chi connectivity index (χ1n) is 9.23. The van der Waals surface area contributed by atoms with Crippen molar-refractivity contribution >= 4 is 5.91 Å². The minimum Gasteiger partial charge on any atom is -0.484 e. The number of carbonyl (C=O) groups is 1. The van der Waals surface area contributed by atoms with Crippen LogP contribution in [0.3, 0.4) is 0 Å². The smallest absolute Gasteiger partial charge is 0.434 e. The monoisotopic (exact) mass is 457 g/mol. The molecule has 11 heteroatoms. The van der Waals surface area contributed by atoms with E-state index < -0.39 is 36.1 Å². The molecular formula is C21H17F6N3O2. The van der Waals surface area contributed by atoms with E-state index in [1.165, 1.54) is 36.4 Å². The molecule has 32 heavy (non-hydrogen) atoms. The van der Waals surface area contributed by atoms with Crippen LogP contribution in [-0.2, 0) is 12.7 Å². The summed E-state index contributed by atoms with van der Waals surface area (Å²) in [4.78, 5) is 12.4. The largest absolute Gasteiger partial charge is 0.484 e. The van der Waals surface area contributed by atoms with Crippen LogP contribution in [0.1, 0.15) is 27.2 Å². The molecule has 170 valence electrons. The molecule has 0 saturated heterocycles. The molecule has 0 fully saturated rings. The van der Waals surface area contributed by atoms with Crippen LogP contribution >= 0.6 is 0 Å². The van der Waals surface area contributed by atoms with Crippen LogP contribution in [-0.4, -0.2) is 28.5 Å². The Kier molecular flexibility index (Phi) is 6.47. The molecule has 1 heterocycles. The average Bonchev–Trinajstić information content (AvgIpc) is 3.17. The second-order valence-corrected chi connectivity index (χ2v) is 6.88. The van der Waals surface area contributed by atoms with Gasteiger partial charge in [0.05, 0.1) is 17.4 Å². The van der Waals surface area contributed by atoms with E-state index in [0.717, 1.165) is 11.8 Å². The molecule has 0 unspecified atom stereocenters. The van der Waals surface area contributed by atoms with Crippen molar-refractivity contribution in [3.05, 3.63) is 77.1 Å². The summed E-state index contributed by atoms with van der Waals surface area (Å²) in [7, 11) is 0. The molecule has 0 atom stereocenters. The third kappa shape index (κ3) is 5.80. The maximum Gasteiger partial charge on any atom is 0.434 e. The summed E-state index contributed by atoms with van der Waals surface area (Å²) in [5, 5.41) is 6.10. The number of halogens is 6. The van der Waals surface area contributed by atoms with Crippen molar-refractivity contribution in [1.29, 1.82) is 0 Å². The lowest BCUT2D eigenvalue weighted by atomic mass is 10.2. The van der Waals surface area contributed by atoms with Crippen molar-refractivity contribution in [3.8, 4) is 11.4 Å². The molecule has 0 aliphatic carbocycles. The number of ether oxygens (including phenoxy) is 1. The van der Waals surface area contributed by atoms with Gasteiger partial charge < -0.3 is 10.1 Å². The highest BCUT2D eigenvalue weighted by molar-refractivity contribution is 5.95. The highest BCUT2D eigenvalue weighted by Gasteiger charge is 2.40. The molecular weight excluding hydrogens is 440 g/mol. The van der Waals surface area contributed by atoms with Gasteiger partial charge in [0.1, 0.15) is 5.75 Å². The van der Waals surface area contributed by atoms with Gasteiger partial charge in [-0.05, 0) is 36.8 Å². The second kappa shape index (κ2) is 8.93. The van der Waals surface area contributed by atoms with Gasteiger partial charge in [-0.1, -0.05) is 29.8 Å². The number of nitrogens with zero attached hydrogens (tertiary/aromatic N) is 2. The summed E-state index contributed by atoms with van der Waals surface area (Å²) in [6.07, 6.45) is -8.48. The predicted molar refractivity (Wildman–Crippen MR) is 102 cm³/mol. The summed E-state index contributed by atoms with van der Waals surface area (Å²) < 4.78 is 82.9. The number of aromatic nitrogens is 2. The third-order valence-electron chi connectivity index (χ3n) is 4.34. The number of alkyl halides is 6. The Morgan fingerprint density at radius 3 is 2.19 bits per heavy atom. The van der Waals surface area contributed by atoms with E-state index in [2.05, 4.69) is 15.2 Å². The van der Waals surface area contributed by atoms with Crippen molar-refractivity contribution in [1.82, 2.24) is 15.1 Å². The minimum atomic E-state index is -4.84. The van der Waals surface area contributed by atoms with E-state index in [1.807, 2.05) is 0 Å². The Morgan fingerprint density at radius 2 is 1.62 bits per heavy atom. The number of benzene rings is 2. The number of rotatable bonds is 6. The van der Waals surface area contributed by atoms with E-state index in [1.54, 1.807) is 19.1 Å². The fraction of sp³-hybridized carbons (Fsp3) is 0.238. The summed E-state index contributed by atoms with van der Waals surface area (Å²) in [6, 6.07) is 11.5. The quantitative estimate of drug-likeness (QED) is 0.526. The zero-order valence-electron chi connectivity index (χ0n) is 16.6. The van der Waals surface area contributed by atoms with Crippen LogP contribution in [0.2, 0.25) is 0 Å². The van der Waals surface area contributed by atoms with Gasteiger partial charge in [0, 0.05) is 6.54 Å². The molecule has 5 nitrogen and oxygen atoms in total. The number of aryl methyl sites for hydroxylation is 1. The average molecular weight is 457 g/mol. The first-order chi connectivity index (χ1) is 14.9. The Balaban J connectivity index is 1.73. The van der Waals surface area contributed by atoms with E-state index in [-0.39, 0.29) is 18.0 Å². The molecule has 2 aromatic carbocycles. The topological polar surface area (TPSA) is 56.2 Å². The first-order valence-corrected chi connectivity index (χ1v) is 9.23. The van der Waals surface area contributed by atoms with Crippen molar-refractivity contribution in [2.75, 3.05) is 6.61 Å². The first kappa shape index (κ1) is 23.2. The SMILES string of the molecule is Cc1ccc(-n2ncc(C(=O)NCc3ccc(OCC(F)(F)F)cc3)c2C(F)(F)F)cc1. The summed E-state index contributed by atoms with van der Waals surface area (Å²) >= 11 is 0. The van der Waals surface area contributed by atoms with Crippen LogP contribution in [0.4, 0.5) is 26.3 Å². The summed E-state index contributed by atoms with van der Waals surface area (Å²) in [5.41, 5.74) is -0.408. The Bertz CT molecular complexity index is 1070. The molecule has 0 spiro atoms. The molecule has 3 rings (SSSR count). The summed E-state index contributed by atoms with van der Waals surface area (Å²) in [5.74, 6) is -1.02. The highest BCUT2D eigenvalue weighted by atomic mass is 19.4. The maximum atomic E-state index is 13.7. The molecule has 0 radical (unpaired) electrons. The number of nitrogens with one attached hydrogen (secondary N) is 1. The van der Waals surface area contributed by atoms with Gasteiger partial charge >= 0.3 is 12.4 Å². The Hall–Kier alpha value is -3.50. The number of hydrogen-bond donors (Lipinski definition) is 1. The zero-order chi connectivity index (χ0) is 23.5. The van der Waals surface area contributed by atoms with Gasteiger partial charge in [0.2, 0.25) is 0 Å². The fourth-order valence-corrected chi connectivity index (χ4v) is 2.82. The van der Waals surface area contributed by atoms with Gasteiger partial charge in [-0.2, -0.15) is 31.4 Å². The van der Waals surface area contributed by atoms with Gasteiger partial charge in [-0.15, -0.1) is 0 Å². The Morgan fingerprint density at radius 1 is 1.00 bits per heavy atom. The van der Waals surface area contributed by atoms with Crippen LogP contribution in [0.15, 0.2) is 54.7 Å². The molecule has 0 aliphatic heterocycles. The molecule has 0 bridgehead atoms. The third-order valence-corrected chi connectivity index (χ3v) is 4.34. The normalized spacial score (nSPS) is 12.0. The van der Waals surface area contributed by atoms with E-state index >= 15 is 0 Å². The zero-order valence-corrected chi connectivity index (χ0v) is 16.6. The van der Waals surface area contributed by atoms with Crippen LogP contribution < -0.4 is 10.1 Å². The van der Waals surface area contributed by atoms with Crippen LogP contribution in [0, 0.1) is 6.92 Å². The highest BCUT2D eigenvalue weighted by Crippen LogP contribution is 2.33. The number of amides is 1. The van der Waals surface area contributed by atoms with Crippen molar-refractivity contribution < 1.29 is 35.9 Å². The lowest BCUT2D eigenvalue weighted by molar-refractivity contribution is -0.153. The molecule has 1 aromatic heterocycles. The van der Waals surface area contributed by atoms with Gasteiger partial charge in [-0.3, -0.25) is 4.79 Å². The van der Waals surface area contributed by atoms with Crippen molar-refractivity contribution in [2.24, 2.45) is 0 Å². The van der Waals surface area contributed by atoms with Gasteiger partial charge in [0.15, 0.2) is 12.3 Å². The number of carbonyl (C=O) groups excluding carboxylic acids is 1. The minimum absolute atomic E-state index is 0.0314. The summed E-state index contributed by atoms with van der Waals surface area (Å²) in [6.45, 7) is 0.186. The standard InChI is InChI=1S/C21H17F6N3O2/c1-13-2-6-15(7-3-13)30-18(21(25,26)27)17(11-29-30)19(31)28-10-14-4-8-16(9-5-14)32-12-20(22,23)24/h2-9,11H,10,12H2,1H3,(H,28,31). The molecule has 3 aromatic rings. The maximum absolute atomic E-state index is 13.7. The van der Waals surface area contributed by atoms with E-state index in [4.69, 9.17) is 0 Å². The second-order valence-electron chi connectivity index (χ2n) is 6.88. The van der Waals surface area contributed by atoms with Crippen molar-refractivity contribution in [3.63, 3.8) is 0 Å². The fourth-order valence-electron chi connectivity index (χ4n) is 2.82.